The van der Waals surface area contributed by atoms with Crippen molar-refractivity contribution in [2.45, 2.75) is 58.5 Å². The van der Waals surface area contributed by atoms with Crippen LogP contribution in [0.3, 0.4) is 0 Å². The molecule has 0 spiro atoms. The van der Waals surface area contributed by atoms with Gasteiger partial charge in [-0.1, -0.05) is 26.0 Å². The summed E-state index contributed by atoms with van der Waals surface area (Å²) >= 11 is 0. The van der Waals surface area contributed by atoms with Gasteiger partial charge in [-0.05, 0) is 62.3 Å². The lowest BCUT2D eigenvalue weighted by Gasteiger charge is -2.13. The van der Waals surface area contributed by atoms with Gasteiger partial charge in [0.1, 0.15) is 0 Å². The zero-order valence-electron chi connectivity index (χ0n) is 14.8. The first-order valence-electron chi connectivity index (χ1n) is 8.83. The largest absolute Gasteiger partial charge is 0.350 e. The van der Waals surface area contributed by atoms with Crippen molar-refractivity contribution in [3.8, 4) is 0 Å². The maximum atomic E-state index is 11.9. The molecule has 1 aromatic carbocycles. The number of benzene rings is 1. The van der Waals surface area contributed by atoms with Crippen LogP contribution in [0, 0.1) is 5.92 Å². The maximum absolute atomic E-state index is 11.9. The van der Waals surface area contributed by atoms with Gasteiger partial charge in [-0.15, -0.1) is 0 Å². The van der Waals surface area contributed by atoms with Crippen LogP contribution in [-0.2, 0) is 4.79 Å². The van der Waals surface area contributed by atoms with E-state index in [-0.39, 0.29) is 17.9 Å². The third-order valence-electron chi connectivity index (χ3n) is 4.08. The van der Waals surface area contributed by atoms with Crippen molar-refractivity contribution in [1.29, 1.82) is 0 Å². The average molecular weight is 328 g/mol. The number of amides is 2. The van der Waals surface area contributed by atoms with E-state index in [9.17, 15) is 9.59 Å². The zero-order valence-corrected chi connectivity index (χ0v) is 14.8. The van der Waals surface area contributed by atoms with Gasteiger partial charge in [-0.3, -0.25) is 9.59 Å². The predicted molar refractivity (Wildman–Crippen MR) is 97.6 cm³/mol. The number of nitrogens with one attached hydrogen (secondary N) is 2. The van der Waals surface area contributed by atoms with E-state index in [0.717, 1.165) is 31.2 Å². The number of carbonyl (C=O) groups excluding carboxylic acids is 2. The monoisotopic (exact) mass is 328 g/mol. The highest BCUT2D eigenvalue weighted by atomic mass is 16.2. The molecule has 1 aromatic rings. The minimum atomic E-state index is -0.0817. The van der Waals surface area contributed by atoms with Crippen LogP contribution < -0.4 is 10.6 Å². The molecule has 0 saturated heterocycles. The summed E-state index contributed by atoms with van der Waals surface area (Å²) in [7, 11) is 0. The molecule has 24 heavy (non-hydrogen) atoms. The van der Waals surface area contributed by atoms with Crippen LogP contribution in [0.25, 0.3) is 6.08 Å². The van der Waals surface area contributed by atoms with E-state index in [1.807, 2.05) is 19.1 Å². The van der Waals surface area contributed by atoms with E-state index >= 15 is 0 Å². The van der Waals surface area contributed by atoms with Crippen LogP contribution in [0.1, 0.15) is 62.4 Å². The molecule has 1 atom stereocenters. The highest BCUT2D eigenvalue weighted by molar-refractivity contribution is 5.95. The Labute approximate surface area is 144 Å². The summed E-state index contributed by atoms with van der Waals surface area (Å²) in [4.78, 5) is 23.8. The second kappa shape index (κ2) is 8.67. The molecule has 0 radical (unpaired) electrons. The van der Waals surface area contributed by atoms with Crippen LogP contribution in [0.4, 0.5) is 0 Å². The summed E-state index contributed by atoms with van der Waals surface area (Å²) in [6.45, 7) is 6.40. The molecular weight excluding hydrogens is 300 g/mol. The Balaban J connectivity index is 1.80. The van der Waals surface area contributed by atoms with Gasteiger partial charge < -0.3 is 10.6 Å². The smallest absolute Gasteiger partial charge is 0.251 e. The van der Waals surface area contributed by atoms with E-state index in [2.05, 4.69) is 24.5 Å². The van der Waals surface area contributed by atoms with Crippen molar-refractivity contribution in [2.75, 3.05) is 0 Å². The molecule has 1 saturated carbocycles. The van der Waals surface area contributed by atoms with Crippen molar-refractivity contribution >= 4 is 17.9 Å². The molecule has 4 heteroatoms. The van der Waals surface area contributed by atoms with Gasteiger partial charge in [-0.25, -0.2) is 0 Å². The molecule has 0 heterocycles. The SMILES string of the molecule is CC(C)CCC(C)NC(=O)/C=C/c1ccc(C(=O)NC2CC2)cc1. The second-order valence-electron chi connectivity index (χ2n) is 7.08. The second-order valence-corrected chi connectivity index (χ2v) is 7.08. The highest BCUT2D eigenvalue weighted by Crippen LogP contribution is 2.19. The lowest BCUT2D eigenvalue weighted by Crippen LogP contribution is -2.31. The molecule has 0 aliphatic heterocycles. The first-order valence-corrected chi connectivity index (χ1v) is 8.83. The molecule has 1 fully saturated rings. The highest BCUT2D eigenvalue weighted by Gasteiger charge is 2.23. The molecular formula is C20H28N2O2. The predicted octanol–water partition coefficient (Wildman–Crippen LogP) is 3.53. The van der Waals surface area contributed by atoms with Crippen molar-refractivity contribution in [3.05, 3.63) is 41.5 Å². The molecule has 0 bridgehead atoms. The van der Waals surface area contributed by atoms with Crippen LogP contribution in [0.2, 0.25) is 0 Å². The Morgan fingerprint density at radius 3 is 2.38 bits per heavy atom. The van der Waals surface area contributed by atoms with Gasteiger partial charge in [0.25, 0.3) is 5.91 Å². The van der Waals surface area contributed by atoms with Crippen molar-refractivity contribution in [1.82, 2.24) is 10.6 Å². The summed E-state index contributed by atoms with van der Waals surface area (Å²) < 4.78 is 0. The van der Waals surface area contributed by atoms with Crippen LogP contribution in [0.15, 0.2) is 30.3 Å². The van der Waals surface area contributed by atoms with Crippen molar-refractivity contribution < 1.29 is 9.59 Å². The molecule has 1 aliphatic rings. The fourth-order valence-corrected chi connectivity index (χ4v) is 2.36. The summed E-state index contributed by atoms with van der Waals surface area (Å²) in [5.41, 5.74) is 1.56. The minimum absolute atomic E-state index is 0.0234. The van der Waals surface area contributed by atoms with Gasteiger partial charge in [-0.2, -0.15) is 0 Å². The Hall–Kier alpha value is -2.10. The van der Waals surface area contributed by atoms with E-state index in [4.69, 9.17) is 0 Å². The van der Waals surface area contributed by atoms with Crippen LogP contribution in [-0.4, -0.2) is 23.9 Å². The molecule has 2 amide bonds. The van der Waals surface area contributed by atoms with Gasteiger partial charge in [0.05, 0.1) is 0 Å². The fraction of sp³-hybridized carbons (Fsp3) is 0.500. The average Bonchev–Trinajstić information content (AvgIpc) is 3.35. The molecule has 130 valence electrons. The molecule has 1 aliphatic carbocycles. The topological polar surface area (TPSA) is 58.2 Å². The van der Waals surface area contributed by atoms with Gasteiger partial charge in [0, 0.05) is 23.7 Å². The Morgan fingerprint density at radius 1 is 1.12 bits per heavy atom. The molecule has 1 unspecified atom stereocenters. The summed E-state index contributed by atoms with van der Waals surface area (Å²) in [5.74, 6) is 0.544. The third-order valence-corrected chi connectivity index (χ3v) is 4.08. The maximum Gasteiger partial charge on any atom is 0.251 e. The summed E-state index contributed by atoms with van der Waals surface area (Å²) in [5, 5.41) is 5.93. The first-order chi connectivity index (χ1) is 11.4. The van der Waals surface area contributed by atoms with Crippen LogP contribution >= 0.6 is 0 Å². The number of rotatable bonds is 8. The quantitative estimate of drug-likeness (QED) is 0.717. The van der Waals surface area contributed by atoms with E-state index in [1.54, 1.807) is 24.3 Å². The minimum Gasteiger partial charge on any atom is -0.350 e. The number of carbonyl (C=O) groups is 2. The lowest BCUT2D eigenvalue weighted by molar-refractivity contribution is -0.117. The van der Waals surface area contributed by atoms with Gasteiger partial charge in [0.2, 0.25) is 5.91 Å². The summed E-state index contributed by atoms with van der Waals surface area (Å²) in [6, 6.07) is 7.83. The molecule has 2 rings (SSSR count). The lowest BCUT2D eigenvalue weighted by atomic mass is 10.0. The standard InChI is InChI=1S/C20H28N2O2/c1-14(2)4-5-15(3)21-19(23)13-8-16-6-9-17(10-7-16)20(24)22-18-11-12-18/h6-10,13-15,18H,4-5,11-12H2,1-3H3,(H,21,23)(H,22,24)/b13-8+. The van der Waals surface area contributed by atoms with Crippen LogP contribution in [0.5, 0.6) is 0 Å². The van der Waals surface area contributed by atoms with Crippen molar-refractivity contribution in [2.24, 2.45) is 5.92 Å². The Kier molecular flexibility index (Phi) is 6.59. The zero-order chi connectivity index (χ0) is 17.5. The van der Waals surface area contributed by atoms with Gasteiger partial charge in [0.15, 0.2) is 0 Å². The Morgan fingerprint density at radius 2 is 1.79 bits per heavy atom. The molecule has 2 N–H and O–H groups in total. The van der Waals surface area contributed by atoms with E-state index < -0.39 is 0 Å². The van der Waals surface area contributed by atoms with E-state index in [1.165, 1.54) is 0 Å². The van der Waals surface area contributed by atoms with Crippen molar-refractivity contribution in [3.63, 3.8) is 0 Å². The normalized spacial score (nSPS) is 15.5. The number of hydrogen-bond acceptors (Lipinski definition) is 2. The molecule has 4 nitrogen and oxygen atoms in total. The third kappa shape index (κ3) is 6.57. The number of hydrogen-bond donors (Lipinski definition) is 2. The summed E-state index contributed by atoms with van der Waals surface area (Å²) in [6.07, 6.45) is 7.57. The fourth-order valence-electron chi connectivity index (χ4n) is 2.36. The van der Waals surface area contributed by atoms with E-state index in [0.29, 0.717) is 17.5 Å². The first kappa shape index (κ1) is 18.2. The van der Waals surface area contributed by atoms with Gasteiger partial charge >= 0.3 is 0 Å². The Bertz CT molecular complexity index is 586. The molecule has 0 aromatic heterocycles.